The molecule has 0 spiro atoms. The molecule has 66 valence electrons. The number of carbonyl (C=O) groups excluding carboxylic acids is 1. The summed E-state index contributed by atoms with van der Waals surface area (Å²) >= 11 is 0. The van der Waals surface area contributed by atoms with E-state index in [2.05, 4.69) is 4.74 Å². The maximum atomic E-state index is 10.9. The Morgan fingerprint density at radius 1 is 1.50 bits per heavy atom. The van der Waals surface area contributed by atoms with Gasteiger partial charge in [0.2, 0.25) is 0 Å². The van der Waals surface area contributed by atoms with Crippen LogP contribution in [-0.2, 0) is 9.53 Å². The summed E-state index contributed by atoms with van der Waals surface area (Å²) in [6.45, 7) is 0. The molecular weight excluding hydrogens is 160 g/mol. The molecule has 12 heavy (non-hydrogen) atoms. The minimum Gasteiger partial charge on any atom is -0.465 e. The summed E-state index contributed by atoms with van der Waals surface area (Å²) in [6.07, 6.45) is 2.07. The lowest BCUT2D eigenvalue weighted by Crippen LogP contribution is -2.25. The molecule has 0 aromatic rings. The van der Waals surface area contributed by atoms with E-state index in [0.29, 0.717) is 0 Å². The standard InChI is InChI=1S/C8H10O4/c1-12-8(11)5-2-3-6(9)7(10)4-5/h2-4,6-7,9-10H,1H3/t6-,7-/m0/s1. The monoisotopic (exact) mass is 170 g/mol. The van der Waals surface area contributed by atoms with Crippen molar-refractivity contribution >= 4 is 5.97 Å². The highest BCUT2D eigenvalue weighted by molar-refractivity contribution is 5.91. The molecule has 0 aromatic carbocycles. The van der Waals surface area contributed by atoms with Gasteiger partial charge in [-0.3, -0.25) is 0 Å². The van der Waals surface area contributed by atoms with Crippen molar-refractivity contribution in [3.05, 3.63) is 23.8 Å². The first kappa shape index (κ1) is 8.96. The van der Waals surface area contributed by atoms with Crippen LogP contribution in [0.1, 0.15) is 0 Å². The van der Waals surface area contributed by atoms with Crippen LogP contribution in [0.25, 0.3) is 0 Å². The molecule has 2 atom stereocenters. The Kier molecular flexibility index (Phi) is 2.62. The predicted molar refractivity (Wildman–Crippen MR) is 41.3 cm³/mol. The fraction of sp³-hybridized carbons (Fsp3) is 0.375. The van der Waals surface area contributed by atoms with Crippen LogP contribution < -0.4 is 0 Å². The summed E-state index contributed by atoms with van der Waals surface area (Å²) in [7, 11) is 1.26. The maximum absolute atomic E-state index is 10.9. The second kappa shape index (κ2) is 3.51. The highest BCUT2D eigenvalue weighted by Crippen LogP contribution is 2.11. The number of aliphatic hydroxyl groups excluding tert-OH is 2. The quantitative estimate of drug-likeness (QED) is 0.514. The van der Waals surface area contributed by atoms with Crippen molar-refractivity contribution in [2.75, 3.05) is 7.11 Å². The second-order valence-corrected chi connectivity index (χ2v) is 2.45. The number of methoxy groups -OCH3 is 1. The number of rotatable bonds is 1. The smallest absolute Gasteiger partial charge is 0.337 e. The molecule has 2 N–H and O–H groups in total. The first-order valence-electron chi connectivity index (χ1n) is 3.49. The van der Waals surface area contributed by atoms with Gasteiger partial charge in [-0.2, -0.15) is 0 Å². The van der Waals surface area contributed by atoms with Crippen molar-refractivity contribution in [2.45, 2.75) is 12.2 Å². The van der Waals surface area contributed by atoms with Gasteiger partial charge < -0.3 is 14.9 Å². The van der Waals surface area contributed by atoms with E-state index in [4.69, 9.17) is 10.2 Å². The van der Waals surface area contributed by atoms with Gasteiger partial charge in [0.25, 0.3) is 0 Å². The van der Waals surface area contributed by atoms with Gasteiger partial charge >= 0.3 is 5.97 Å². The zero-order valence-electron chi connectivity index (χ0n) is 6.60. The molecule has 0 heterocycles. The van der Waals surface area contributed by atoms with Gasteiger partial charge in [0.05, 0.1) is 12.7 Å². The predicted octanol–water partition coefficient (Wildman–Crippen LogP) is -0.623. The number of carbonyl (C=O) groups is 1. The van der Waals surface area contributed by atoms with Crippen molar-refractivity contribution in [3.63, 3.8) is 0 Å². The van der Waals surface area contributed by atoms with Crippen molar-refractivity contribution in [1.29, 1.82) is 0 Å². The number of esters is 1. The number of ether oxygens (including phenoxy) is 1. The van der Waals surface area contributed by atoms with Gasteiger partial charge in [-0.15, -0.1) is 0 Å². The molecule has 1 aliphatic rings. The largest absolute Gasteiger partial charge is 0.465 e. The normalized spacial score (nSPS) is 28.1. The van der Waals surface area contributed by atoms with E-state index in [1.165, 1.54) is 25.3 Å². The van der Waals surface area contributed by atoms with Crippen LogP contribution in [0.15, 0.2) is 23.8 Å². The SMILES string of the molecule is COC(=O)C1=C[C@H](O)[C@@H](O)C=C1. The topological polar surface area (TPSA) is 66.8 Å². The summed E-state index contributed by atoms with van der Waals surface area (Å²) in [4.78, 5) is 10.9. The van der Waals surface area contributed by atoms with Crippen LogP contribution >= 0.6 is 0 Å². The van der Waals surface area contributed by atoms with E-state index in [9.17, 15) is 4.79 Å². The molecule has 0 radical (unpaired) electrons. The van der Waals surface area contributed by atoms with Gasteiger partial charge in [-0.1, -0.05) is 6.08 Å². The molecule has 1 rings (SSSR count). The Morgan fingerprint density at radius 2 is 2.17 bits per heavy atom. The molecule has 0 aliphatic heterocycles. The molecule has 0 saturated heterocycles. The lowest BCUT2D eigenvalue weighted by atomic mass is 10.0. The van der Waals surface area contributed by atoms with Crippen LogP contribution in [0.5, 0.6) is 0 Å². The van der Waals surface area contributed by atoms with E-state index in [1.807, 2.05) is 0 Å². The number of hydrogen-bond acceptors (Lipinski definition) is 4. The first-order chi connectivity index (χ1) is 5.65. The molecule has 1 aliphatic carbocycles. The number of hydrogen-bond donors (Lipinski definition) is 2. The first-order valence-corrected chi connectivity index (χ1v) is 3.49. The summed E-state index contributed by atoms with van der Waals surface area (Å²) < 4.78 is 4.42. The molecule has 0 saturated carbocycles. The zero-order valence-corrected chi connectivity index (χ0v) is 6.60. The molecular formula is C8H10O4. The van der Waals surface area contributed by atoms with Gasteiger partial charge in [-0.25, -0.2) is 4.79 Å². The van der Waals surface area contributed by atoms with Crippen LogP contribution in [0.4, 0.5) is 0 Å². The third kappa shape index (κ3) is 1.72. The van der Waals surface area contributed by atoms with Gasteiger partial charge in [0.15, 0.2) is 0 Å². The van der Waals surface area contributed by atoms with Gasteiger partial charge in [-0.05, 0) is 12.2 Å². The van der Waals surface area contributed by atoms with Crippen LogP contribution in [0.3, 0.4) is 0 Å². The Labute approximate surface area is 69.8 Å². The number of aliphatic hydroxyl groups is 2. The Morgan fingerprint density at radius 3 is 2.67 bits per heavy atom. The molecule has 4 nitrogen and oxygen atoms in total. The summed E-state index contributed by atoms with van der Waals surface area (Å²) in [5.41, 5.74) is 0.260. The van der Waals surface area contributed by atoms with Crippen molar-refractivity contribution in [2.24, 2.45) is 0 Å². The molecule has 0 amide bonds. The van der Waals surface area contributed by atoms with Gasteiger partial charge in [0, 0.05) is 0 Å². The highest BCUT2D eigenvalue weighted by atomic mass is 16.5. The second-order valence-electron chi connectivity index (χ2n) is 2.45. The fourth-order valence-electron chi connectivity index (χ4n) is 0.908. The lowest BCUT2D eigenvalue weighted by Gasteiger charge is -2.15. The van der Waals surface area contributed by atoms with Crippen LogP contribution in [-0.4, -0.2) is 35.5 Å². The molecule has 4 heteroatoms. The van der Waals surface area contributed by atoms with Crippen molar-refractivity contribution in [1.82, 2.24) is 0 Å². The highest BCUT2D eigenvalue weighted by Gasteiger charge is 2.18. The maximum Gasteiger partial charge on any atom is 0.337 e. The zero-order chi connectivity index (χ0) is 9.14. The molecule has 0 fully saturated rings. The fourth-order valence-corrected chi connectivity index (χ4v) is 0.908. The summed E-state index contributed by atoms with van der Waals surface area (Å²) in [5, 5.41) is 18.1. The summed E-state index contributed by atoms with van der Waals surface area (Å²) in [5.74, 6) is -0.516. The molecule has 0 aromatic heterocycles. The average molecular weight is 170 g/mol. The minimum absolute atomic E-state index is 0.260. The van der Waals surface area contributed by atoms with E-state index in [-0.39, 0.29) is 5.57 Å². The molecule has 0 bridgehead atoms. The van der Waals surface area contributed by atoms with E-state index < -0.39 is 18.2 Å². The van der Waals surface area contributed by atoms with E-state index >= 15 is 0 Å². The third-order valence-corrected chi connectivity index (χ3v) is 1.59. The van der Waals surface area contributed by atoms with Crippen molar-refractivity contribution < 1.29 is 19.7 Å². The van der Waals surface area contributed by atoms with Gasteiger partial charge in [0.1, 0.15) is 12.2 Å². The molecule has 0 unspecified atom stereocenters. The van der Waals surface area contributed by atoms with Crippen LogP contribution in [0, 0.1) is 0 Å². The lowest BCUT2D eigenvalue weighted by molar-refractivity contribution is -0.135. The minimum atomic E-state index is -1.02. The Bertz CT molecular complexity index is 241. The van der Waals surface area contributed by atoms with E-state index in [1.54, 1.807) is 0 Å². The summed E-state index contributed by atoms with van der Waals surface area (Å²) in [6, 6.07) is 0. The average Bonchev–Trinajstić information content (AvgIpc) is 2.08. The van der Waals surface area contributed by atoms with Crippen LogP contribution in [0.2, 0.25) is 0 Å². The Balaban J connectivity index is 2.76. The van der Waals surface area contributed by atoms with E-state index in [0.717, 1.165) is 0 Å². The van der Waals surface area contributed by atoms with Crippen molar-refractivity contribution in [3.8, 4) is 0 Å². The third-order valence-electron chi connectivity index (χ3n) is 1.59. The Hall–Kier alpha value is -1.13.